The largest absolute Gasteiger partial charge is 0.467 e. The highest BCUT2D eigenvalue weighted by Crippen LogP contribution is 2.21. The number of methoxy groups -OCH3 is 1. The monoisotopic (exact) mass is 278 g/mol. The van der Waals surface area contributed by atoms with Gasteiger partial charge >= 0.3 is 5.97 Å². The SMILES string of the molecule is CCN(CC)CCNC(C)(C(=O)OC)c1ccccc1. The lowest BCUT2D eigenvalue weighted by molar-refractivity contribution is -0.148. The van der Waals surface area contributed by atoms with Crippen LogP contribution in [0.25, 0.3) is 0 Å². The van der Waals surface area contributed by atoms with E-state index in [9.17, 15) is 4.79 Å². The average Bonchev–Trinajstić information content (AvgIpc) is 2.51. The Morgan fingerprint density at radius 3 is 2.35 bits per heavy atom. The van der Waals surface area contributed by atoms with Crippen molar-refractivity contribution in [2.45, 2.75) is 26.3 Å². The van der Waals surface area contributed by atoms with E-state index >= 15 is 0 Å². The topological polar surface area (TPSA) is 41.6 Å². The summed E-state index contributed by atoms with van der Waals surface area (Å²) >= 11 is 0. The molecule has 0 bridgehead atoms. The van der Waals surface area contributed by atoms with Crippen LogP contribution >= 0.6 is 0 Å². The Bertz CT molecular complexity index is 404. The molecule has 1 N–H and O–H groups in total. The van der Waals surface area contributed by atoms with Crippen molar-refractivity contribution in [2.75, 3.05) is 33.3 Å². The molecule has 4 nitrogen and oxygen atoms in total. The first-order valence-electron chi connectivity index (χ1n) is 7.19. The van der Waals surface area contributed by atoms with E-state index in [1.807, 2.05) is 37.3 Å². The summed E-state index contributed by atoms with van der Waals surface area (Å²) in [4.78, 5) is 14.5. The van der Waals surface area contributed by atoms with E-state index in [4.69, 9.17) is 4.74 Å². The van der Waals surface area contributed by atoms with Crippen LogP contribution in [-0.2, 0) is 15.1 Å². The van der Waals surface area contributed by atoms with Gasteiger partial charge in [0, 0.05) is 13.1 Å². The van der Waals surface area contributed by atoms with Crippen molar-refractivity contribution in [3.8, 4) is 0 Å². The fourth-order valence-corrected chi connectivity index (χ4v) is 2.27. The lowest BCUT2D eigenvalue weighted by Crippen LogP contribution is -2.49. The van der Waals surface area contributed by atoms with Gasteiger partial charge in [0.25, 0.3) is 0 Å². The predicted octanol–water partition coefficient (Wildman–Crippen LogP) is 2.01. The van der Waals surface area contributed by atoms with Crippen LogP contribution < -0.4 is 5.32 Å². The first kappa shape index (κ1) is 16.7. The quantitative estimate of drug-likeness (QED) is 0.739. The van der Waals surface area contributed by atoms with Crippen LogP contribution in [0.5, 0.6) is 0 Å². The predicted molar refractivity (Wildman–Crippen MR) is 81.6 cm³/mol. The summed E-state index contributed by atoms with van der Waals surface area (Å²) in [5.74, 6) is -0.261. The molecule has 1 unspecified atom stereocenters. The second kappa shape index (κ2) is 8.02. The lowest BCUT2D eigenvalue weighted by atomic mass is 9.92. The Labute approximate surface area is 122 Å². The zero-order valence-corrected chi connectivity index (χ0v) is 13.0. The van der Waals surface area contributed by atoms with Crippen LogP contribution in [0.15, 0.2) is 30.3 Å². The van der Waals surface area contributed by atoms with Crippen LogP contribution in [0.1, 0.15) is 26.3 Å². The summed E-state index contributed by atoms with van der Waals surface area (Å²) in [6.07, 6.45) is 0. The highest BCUT2D eigenvalue weighted by molar-refractivity contribution is 5.82. The number of esters is 1. The zero-order valence-electron chi connectivity index (χ0n) is 13.0. The van der Waals surface area contributed by atoms with Crippen molar-refractivity contribution < 1.29 is 9.53 Å². The summed E-state index contributed by atoms with van der Waals surface area (Å²) in [6, 6.07) is 9.70. The first-order valence-corrected chi connectivity index (χ1v) is 7.19. The van der Waals surface area contributed by atoms with Crippen molar-refractivity contribution in [1.82, 2.24) is 10.2 Å². The molecule has 112 valence electrons. The molecule has 0 amide bonds. The van der Waals surface area contributed by atoms with Crippen molar-refractivity contribution in [3.05, 3.63) is 35.9 Å². The second-order valence-corrected chi connectivity index (χ2v) is 4.94. The molecule has 0 spiro atoms. The molecular weight excluding hydrogens is 252 g/mol. The van der Waals surface area contributed by atoms with E-state index in [2.05, 4.69) is 24.1 Å². The Balaban J connectivity index is 2.78. The second-order valence-electron chi connectivity index (χ2n) is 4.94. The number of benzene rings is 1. The van der Waals surface area contributed by atoms with Crippen molar-refractivity contribution in [2.24, 2.45) is 0 Å². The Hall–Kier alpha value is -1.39. The standard InChI is InChI=1S/C16H26N2O2/c1-5-18(6-2)13-12-17-16(3,15(19)20-4)14-10-8-7-9-11-14/h7-11,17H,5-6,12-13H2,1-4H3. The number of ether oxygens (including phenoxy) is 1. The molecule has 0 aromatic heterocycles. The third-order valence-corrected chi connectivity index (χ3v) is 3.75. The summed E-state index contributed by atoms with van der Waals surface area (Å²) in [5, 5.41) is 3.35. The van der Waals surface area contributed by atoms with Gasteiger partial charge in [-0.05, 0) is 25.6 Å². The molecule has 0 saturated carbocycles. The fraction of sp³-hybridized carbons (Fsp3) is 0.562. The van der Waals surface area contributed by atoms with Gasteiger partial charge in [-0.2, -0.15) is 0 Å². The van der Waals surface area contributed by atoms with Gasteiger partial charge in [-0.1, -0.05) is 44.2 Å². The maximum Gasteiger partial charge on any atom is 0.330 e. The number of nitrogens with one attached hydrogen (secondary N) is 1. The van der Waals surface area contributed by atoms with Crippen LogP contribution in [0.3, 0.4) is 0 Å². The summed E-state index contributed by atoms with van der Waals surface area (Å²) in [7, 11) is 1.43. The van der Waals surface area contributed by atoms with Crippen LogP contribution in [0.4, 0.5) is 0 Å². The molecule has 1 aromatic rings. The van der Waals surface area contributed by atoms with Crippen molar-refractivity contribution >= 4 is 5.97 Å². The number of rotatable bonds is 8. The van der Waals surface area contributed by atoms with Gasteiger partial charge in [-0.3, -0.25) is 5.32 Å². The van der Waals surface area contributed by atoms with Gasteiger partial charge in [-0.25, -0.2) is 4.79 Å². The molecule has 1 aromatic carbocycles. The lowest BCUT2D eigenvalue weighted by Gasteiger charge is -2.30. The number of hydrogen-bond acceptors (Lipinski definition) is 4. The molecule has 4 heteroatoms. The molecule has 0 saturated heterocycles. The van der Waals surface area contributed by atoms with Crippen molar-refractivity contribution in [3.63, 3.8) is 0 Å². The maximum atomic E-state index is 12.2. The smallest absolute Gasteiger partial charge is 0.330 e. The molecule has 0 aliphatic carbocycles. The average molecular weight is 278 g/mol. The Morgan fingerprint density at radius 1 is 1.25 bits per heavy atom. The Morgan fingerprint density at radius 2 is 1.85 bits per heavy atom. The van der Waals surface area contributed by atoms with E-state index < -0.39 is 5.54 Å². The van der Waals surface area contributed by atoms with E-state index in [0.717, 1.165) is 31.7 Å². The third kappa shape index (κ3) is 4.05. The molecule has 0 heterocycles. The van der Waals surface area contributed by atoms with Crippen molar-refractivity contribution in [1.29, 1.82) is 0 Å². The van der Waals surface area contributed by atoms with E-state index in [-0.39, 0.29) is 5.97 Å². The minimum absolute atomic E-state index is 0.261. The molecule has 0 aliphatic rings. The normalized spacial score (nSPS) is 14.1. The third-order valence-electron chi connectivity index (χ3n) is 3.75. The van der Waals surface area contributed by atoms with E-state index in [0.29, 0.717) is 0 Å². The van der Waals surface area contributed by atoms with Gasteiger partial charge in [0.1, 0.15) is 5.54 Å². The van der Waals surface area contributed by atoms with Gasteiger partial charge in [-0.15, -0.1) is 0 Å². The molecule has 0 radical (unpaired) electrons. The highest BCUT2D eigenvalue weighted by atomic mass is 16.5. The van der Waals surface area contributed by atoms with Crippen LogP contribution in [0, 0.1) is 0 Å². The molecule has 1 atom stereocenters. The van der Waals surface area contributed by atoms with Gasteiger partial charge < -0.3 is 9.64 Å². The fourth-order valence-electron chi connectivity index (χ4n) is 2.27. The molecule has 0 fully saturated rings. The minimum Gasteiger partial charge on any atom is -0.467 e. The van der Waals surface area contributed by atoms with E-state index in [1.54, 1.807) is 0 Å². The number of carbonyl (C=O) groups excluding carboxylic acids is 1. The summed E-state index contributed by atoms with van der Waals surface area (Å²) in [6.45, 7) is 9.82. The number of likely N-dealkylation sites (N-methyl/N-ethyl adjacent to an activating group) is 1. The molecular formula is C16H26N2O2. The Kier molecular flexibility index (Phi) is 6.68. The highest BCUT2D eigenvalue weighted by Gasteiger charge is 2.35. The number of carbonyl (C=O) groups is 1. The van der Waals surface area contributed by atoms with Gasteiger partial charge in [0.15, 0.2) is 0 Å². The molecule has 0 aliphatic heterocycles. The van der Waals surface area contributed by atoms with E-state index in [1.165, 1.54) is 7.11 Å². The summed E-state index contributed by atoms with van der Waals surface area (Å²) < 4.78 is 4.96. The molecule has 1 rings (SSSR count). The minimum atomic E-state index is -0.802. The number of nitrogens with zero attached hydrogens (tertiary/aromatic N) is 1. The van der Waals surface area contributed by atoms with Crippen LogP contribution in [0.2, 0.25) is 0 Å². The zero-order chi connectivity index (χ0) is 15.0. The first-order chi connectivity index (χ1) is 9.58. The van der Waals surface area contributed by atoms with Gasteiger partial charge in [0.05, 0.1) is 7.11 Å². The number of hydrogen-bond donors (Lipinski definition) is 1. The molecule has 20 heavy (non-hydrogen) atoms. The maximum absolute atomic E-state index is 12.2. The van der Waals surface area contributed by atoms with Gasteiger partial charge in [0.2, 0.25) is 0 Å². The van der Waals surface area contributed by atoms with Crippen LogP contribution in [-0.4, -0.2) is 44.2 Å². The summed E-state index contributed by atoms with van der Waals surface area (Å²) in [5.41, 5.74) is 0.120.